The molecule has 0 radical (unpaired) electrons. The molecule has 0 bridgehead atoms. The summed E-state index contributed by atoms with van der Waals surface area (Å²) in [5.41, 5.74) is 0. The van der Waals surface area contributed by atoms with Gasteiger partial charge in [0.15, 0.2) is 0 Å². The Morgan fingerprint density at radius 1 is 0.579 bits per heavy atom. The van der Waals surface area contributed by atoms with Crippen LogP contribution in [0, 0.1) is 54.3 Å². The highest BCUT2D eigenvalue weighted by Gasteiger charge is 2.30. The van der Waals surface area contributed by atoms with Crippen LogP contribution in [-0.2, 0) is 0 Å². The fourth-order valence-corrected chi connectivity index (χ4v) is 3.32. The number of rotatable bonds is 8. The summed E-state index contributed by atoms with van der Waals surface area (Å²) in [6.07, 6.45) is 1.30. The molecule has 116 valence electrons. The van der Waals surface area contributed by atoms with E-state index in [1.165, 1.54) is 6.42 Å². The molecule has 8 unspecified atom stereocenters. The van der Waals surface area contributed by atoms with Gasteiger partial charge in [0.2, 0.25) is 0 Å². The van der Waals surface area contributed by atoms with Crippen molar-refractivity contribution < 1.29 is 0 Å². The van der Waals surface area contributed by atoms with Crippen LogP contribution >= 0.6 is 0 Å². The van der Waals surface area contributed by atoms with E-state index in [2.05, 4.69) is 69.2 Å². The first-order chi connectivity index (χ1) is 8.64. The first kappa shape index (κ1) is 19.0. The van der Waals surface area contributed by atoms with Crippen LogP contribution in [0.5, 0.6) is 0 Å². The van der Waals surface area contributed by atoms with Crippen molar-refractivity contribution in [2.75, 3.05) is 0 Å². The maximum atomic E-state index is 4.22. The quantitative estimate of drug-likeness (QED) is 0.451. The molecule has 0 nitrogen and oxygen atoms in total. The van der Waals surface area contributed by atoms with Crippen LogP contribution in [0.4, 0.5) is 0 Å². The molecule has 0 N–H and O–H groups in total. The van der Waals surface area contributed by atoms with E-state index < -0.39 is 0 Å². The molecule has 0 aromatic heterocycles. The average molecular weight is 268 g/mol. The SMILES string of the molecule is [CH2-]C(C)C(C)C(C)C(C)C(C)C(C)C(C)C(C)CC. The summed E-state index contributed by atoms with van der Waals surface area (Å²) >= 11 is 0. The summed E-state index contributed by atoms with van der Waals surface area (Å²) in [5.74, 6) is 6.05. The van der Waals surface area contributed by atoms with Gasteiger partial charge in [-0.25, -0.2) is 0 Å². The predicted molar refractivity (Wildman–Crippen MR) is 89.0 cm³/mol. The van der Waals surface area contributed by atoms with Gasteiger partial charge in [0.25, 0.3) is 0 Å². The largest absolute Gasteiger partial charge is 0.340 e. The fraction of sp³-hybridized carbons (Fsp3) is 0.947. The lowest BCUT2D eigenvalue weighted by Gasteiger charge is -2.40. The molecule has 0 saturated carbocycles. The second kappa shape index (κ2) is 8.32. The molecule has 0 spiro atoms. The molecule has 19 heavy (non-hydrogen) atoms. The zero-order chi connectivity index (χ0) is 15.3. The lowest BCUT2D eigenvalue weighted by atomic mass is 9.67. The van der Waals surface area contributed by atoms with Crippen molar-refractivity contribution in [1.29, 1.82) is 0 Å². The normalized spacial score (nSPS) is 24.9. The van der Waals surface area contributed by atoms with Crippen molar-refractivity contribution in [2.24, 2.45) is 47.3 Å². The van der Waals surface area contributed by atoms with E-state index >= 15 is 0 Å². The summed E-state index contributed by atoms with van der Waals surface area (Å²) in [4.78, 5) is 0. The Bertz CT molecular complexity index is 230. The third-order valence-corrected chi connectivity index (χ3v) is 6.59. The standard InChI is InChI=1S/C19H39/c1-11-13(4)15(6)17(8)19(10)18(9)16(7)14(5)12(2)3/h12-19H,2,11H2,1,3-10H3/q-1. The van der Waals surface area contributed by atoms with Crippen LogP contribution in [0.3, 0.4) is 0 Å². The summed E-state index contributed by atoms with van der Waals surface area (Å²) in [6.45, 7) is 25.8. The first-order valence-electron chi connectivity index (χ1n) is 8.48. The molecule has 0 aromatic rings. The van der Waals surface area contributed by atoms with Gasteiger partial charge in [-0.2, -0.15) is 5.92 Å². The van der Waals surface area contributed by atoms with Crippen molar-refractivity contribution >= 4 is 0 Å². The third-order valence-electron chi connectivity index (χ3n) is 6.59. The van der Waals surface area contributed by atoms with E-state index in [4.69, 9.17) is 0 Å². The van der Waals surface area contributed by atoms with Gasteiger partial charge in [0.1, 0.15) is 0 Å². The Kier molecular flexibility index (Phi) is 8.32. The molecule has 0 aliphatic heterocycles. The molecule has 0 aliphatic carbocycles. The van der Waals surface area contributed by atoms with Gasteiger partial charge in [-0.1, -0.05) is 74.7 Å². The maximum Gasteiger partial charge on any atom is -0.0386 e. The van der Waals surface area contributed by atoms with E-state index in [0.29, 0.717) is 11.8 Å². The average Bonchev–Trinajstić information content (AvgIpc) is 2.40. The van der Waals surface area contributed by atoms with Gasteiger partial charge in [-0.05, 0) is 35.5 Å². The molecule has 0 rings (SSSR count). The maximum absolute atomic E-state index is 4.22. The summed E-state index contributed by atoms with van der Waals surface area (Å²) in [5, 5.41) is 0. The first-order valence-corrected chi connectivity index (χ1v) is 8.48. The van der Waals surface area contributed by atoms with Crippen molar-refractivity contribution in [3.63, 3.8) is 0 Å². The number of hydrogen-bond donors (Lipinski definition) is 0. The van der Waals surface area contributed by atoms with Crippen molar-refractivity contribution in [2.45, 2.75) is 68.7 Å². The van der Waals surface area contributed by atoms with E-state index in [1.807, 2.05) is 0 Å². The van der Waals surface area contributed by atoms with E-state index in [1.54, 1.807) is 0 Å². The van der Waals surface area contributed by atoms with Crippen LogP contribution in [-0.4, -0.2) is 0 Å². The van der Waals surface area contributed by atoms with Gasteiger partial charge >= 0.3 is 0 Å². The predicted octanol–water partition coefficient (Wildman–Crippen LogP) is 6.32. The van der Waals surface area contributed by atoms with Crippen LogP contribution in [0.2, 0.25) is 0 Å². The Labute approximate surface area is 123 Å². The van der Waals surface area contributed by atoms with Crippen LogP contribution in [0.15, 0.2) is 0 Å². The Hall–Kier alpha value is 0. The summed E-state index contributed by atoms with van der Waals surface area (Å²) in [6, 6.07) is 0. The summed E-state index contributed by atoms with van der Waals surface area (Å²) < 4.78 is 0. The van der Waals surface area contributed by atoms with E-state index in [-0.39, 0.29) is 0 Å². The zero-order valence-corrected chi connectivity index (χ0v) is 15.0. The van der Waals surface area contributed by atoms with Crippen LogP contribution in [0.1, 0.15) is 68.7 Å². The summed E-state index contributed by atoms with van der Waals surface area (Å²) in [7, 11) is 0. The monoisotopic (exact) mass is 267 g/mol. The molecule has 0 aliphatic rings. The number of hydrogen-bond acceptors (Lipinski definition) is 0. The highest BCUT2D eigenvalue weighted by Crippen LogP contribution is 2.38. The highest BCUT2D eigenvalue weighted by atomic mass is 14.4. The van der Waals surface area contributed by atoms with Crippen molar-refractivity contribution in [3.8, 4) is 0 Å². The lowest BCUT2D eigenvalue weighted by Crippen LogP contribution is -2.32. The van der Waals surface area contributed by atoms with Crippen LogP contribution < -0.4 is 0 Å². The van der Waals surface area contributed by atoms with Gasteiger partial charge in [-0.3, -0.25) is 0 Å². The second-order valence-corrected chi connectivity index (χ2v) is 7.52. The molecule has 0 fully saturated rings. The van der Waals surface area contributed by atoms with Crippen LogP contribution in [0.25, 0.3) is 0 Å². The van der Waals surface area contributed by atoms with Gasteiger partial charge in [-0.15, -0.1) is 0 Å². The van der Waals surface area contributed by atoms with Gasteiger partial charge in [0.05, 0.1) is 0 Å². The molecule has 8 atom stereocenters. The molecular weight excluding hydrogens is 228 g/mol. The molecular formula is C19H39-. The Morgan fingerprint density at radius 2 is 0.895 bits per heavy atom. The van der Waals surface area contributed by atoms with Crippen molar-refractivity contribution in [3.05, 3.63) is 6.92 Å². The van der Waals surface area contributed by atoms with Crippen molar-refractivity contribution in [1.82, 2.24) is 0 Å². The van der Waals surface area contributed by atoms with E-state index in [0.717, 1.165) is 35.5 Å². The molecule has 0 heteroatoms. The highest BCUT2D eigenvalue weighted by molar-refractivity contribution is 4.81. The third kappa shape index (κ3) is 5.12. The fourth-order valence-electron chi connectivity index (χ4n) is 3.32. The second-order valence-electron chi connectivity index (χ2n) is 7.52. The zero-order valence-electron chi connectivity index (χ0n) is 15.0. The molecule has 0 amide bonds. The topological polar surface area (TPSA) is 0 Å². The molecule has 0 saturated heterocycles. The van der Waals surface area contributed by atoms with Gasteiger partial charge in [0, 0.05) is 0 Å². The Balaban J connectivity index is 4.67. The minimum absolute atomic E-state index is 0.548. The van der Waals surface area contributed by atoms with E-state index in [9.17, 15) is 0 Å². The molecule has 0 heterocycles. The lowest BCUT2D eigenvalue weighted by molar-refractivity contribution is 0.108. The smallest absolute Gasteiger partial charge is 0.0386 e. The minimum Gasteiger partial charge on any atom is -0.340 e. The minimum atomic E-state index is 0.548. The molecule has 0 aromatic carbocycles. The van der Waals surface area contributed by atoms with Gasteiger partial charge < -0.3 is 6.92 Å². The Morgan fingerprint density at radius 3 is 1.21 bits per heavy atom.